The van der Waals surface area contributed by atoms with Crippen molar-refractivity contribution < 1.29 is 9.13 Å². The lowest BCUT2D eigenvalue weighted by molar-refractivity contribution is 0.0782. The Hall–Kier alpha value is -1.27. The highest BCUT2D eigenvalue weighted by Crippen LogP contribution is 2.34. The van der Waals surface area contributed by atoms with E-state index in [1.807, 2.05) is 24.8 Å². The molecule has 0 atom stereocenters. The molecule has 2 rings (SSSR count). The number of thioether (sulfide) groups is 1. The van der Waals surface area contributed by atoms with Gasteiger partial charge in [-0.05, 0) is 55.2 Å². The summed E-state index contributed by atoms with van der Waals surface area (Å²) in [5.74, 6) is 1.75. The minimum Gasteiger partial charge on any atom is -0.381 e. The summed E-state index contributed by atoms with van der Waals surface area (Å²) in [6, 6.07) is 4.96. The molecule has 1 aromatic rings. The molecule has 1 aliphatic rings. The molecule has 1 aliphatic heterocycles. The minimum atomic E-state index is -0.179. The van der Waals surface area contributed by atoms with Crippen LogP contribution < -0.4 is 10.6 Å². The number of ether oxygens (including phenoxy) is 1. The summed E-state index contributed by atoms with van der Waals surface area (Å²) in [6.07, 6.45) is 2.99. The molecular weight excluding hydrogens is 337 g/mol. The highest BCUT2D eigenvalue weighted by molar-refractivity contribution is 8.00. The number of nitrogens with zero attached hydrogens (tertiary/aromatic N) is 1. The molecule has 1 heterocycles. The van der Waals surface area contributed by atoms with Gasteiger partial charge in [-0.2, -0.15) is 11.8 Å². The average Bonchev–Trinajstić information content (AvgIpc) is 2.61. The summed E-state index contributed by atoms with van der Waals surface area (Å²) in [7, 11) is 1.79. The van der Waals surface area contributed by atoms with E-state index in [0.29, 0.717) is 0 Å². The fraction of sp³-hybridized carbons (Fsp3) is 0.632. The Morgan fingerprint density at radius 1 is 1.32 bits per heavy atom. The standard InChI is InChI=1S/C19H30FN3OS/c1-4-25-19(8-11-24-12-9-19)14-23-18(21-3)22-10-7-16-5-6-17(20)13-15(16)2/h5-6,13H,4,7-12,14H2,1-3H3,(H2,21,22,23). The van der Waals surface area contributed by atoms with E-state index in [1.54, 1.807) is 13.1 Å². The fourth-order valence-electron chi connectivity index (χ4n) is 3.14. The molecule has 0 spiro atoms. The minimum absolute atomic E-state index is 0.179. The van der Waals surface area contributed by atoms with Gasteiger partial charge in [0.25, 0.3) is 0 Å². The van der Waals surface area contributed by atoms with Crippen molar-refractivity contribution in [1.82, 2.24) is 10.6 Å². The molecule has 0 aliphatic carbocycles. The SMILES string of the molecule is CCSC1(CNC(=NC)NCCc2ccc(F)cc2C)CCOCC1. The van der Waals surface area contributed by atoms with Gasteiger partial charge in [0.1, 0.15) is 5.82 Å². The van der Waals surface area contributed by atoms with E-state index in [-0.39, 0.29) is 10.6 Å². The Labute approximate surface area is 155 Å². The van der Waals surface area contributed by atoms with E-state index in [0.717, 1.165) is 68.4 Å². The number of aryl methyl sites for hydroxylation is 1. The molecule has 0 aromatic heterocycles. The molecular formula is C19H30FN3OS. The Bertz CT molecular complexity index is 568. The normalized spacial score (nSPS) is 17.4. The van der Waals surface area contributed by atoms with E-state index in [1.165, 1.54) is 6.07 Å². The summed E-state index contributed by atoms with van der Waals surface area (Å²) in [6.45, 7) is 7.49. The highest BCUT2D eigenvalue weighted by atomic mass is 32.2. The van der Waals surface area contributed by atoms with Gasteiger partial charge in [-0.3, -0.25) is 4.99 Å². The predicted octanol–water partition coefficient (Wildman–Crippen LogP) is 3.14. The number of nitrogens with one attached hydrogen (secondary N) is 2. The first-order valence-corrected chi connectivity index (χ1v) is 9.98. The van der Waals surface area contributed by atoms with Gasteiger partial charge in [0.05, 0.1) is 0 Å². The van der Waals surface area contributed by atoms with Crippen LogP contribution in [0.15, 0.2) is 23.2 Å². The first-order chi connectivity index (χ1) is 12.1. The van der Waals surface area contributed by atoms with Crippen LogP contribution in [0.5, 0.6) is 0 Å². The van der Waals surface area contributed by atoms with Gasteiger partial charge in [-0.15, -0.1) is 0 Å². The Balaban J connectivity index is 1.81. The van der Waals surface area contributed by atoms with Crippen molar-refractivity contribution in [3.63, 3.8) is 0 Å². The van der Waals surface area contributed by atoms with Crippen LogP contribution in [0.2, 0.25) is 0 Å². The lowest BCUT2D eigenvalue weighted by Gasteiger charge is -2.37. The summed E-state index contributed by atoms with van der Waals surface area (Å²) in [4.78, 5) is 4.33. The zero-order valence-corrected chi connectivity index (χ0v) is 16.3. The molecule has 1 aromatic carbocycles. The third kappa shape index (κ3) is 6.19. The van der Waals surface area contributed by atoms with Gasteiger partial charge in [0.2, 0.25) is 0 Å². The van der Waals surface area contributed by atoms with Crippen LogP contribution in [0.4, 0.5) is 4.39 Å². The van der Waals surface area contributed by atoms with Crippen LogP contribution in [0.1, 0.15) is 30.9 Å². The third-order valence-electron chi connectivity index (χ3n) is 4.65. The second-order valence-electron chi connectivity index (χ2n) is 6.40. The first-order valence-electron chi connectivity index (χ1n) is 9.00. The van der Waals surface area contributed by atoms with Crippen LogP contribution in [0.3, 0.4) is 0 Å². The largest absolute Gasteiger partial charge is 0.381 e. The maximum atomic E-state index is 13.2. The molecule has 0 amide bonds. The topological polar surface area (TPSA) is 45.7 Å². The maximum Gasteiger partial charge on any atom is 0.191 e. The van der Waals surface area contributed by atoms with Crippen molar-refractivity contribution in [2.45, 2.75) is 37.9 Å². The van der Waals surface area contributed by atoms with Crippen LogP contribution in [0, 0.1) is 12.7 Å². The van der Waals surface area contributed by atoms with E-state index >= 15 is 0 Å². The zero-order chi connectivity index (χ0) is 18.1. The monoisotopic (exact) mass is 367 g/mol. The van der Waals surface area contributed by atoms with Crippen molar-refractivity contribution in [3.8, 4) is 0 Å². The molecule has 2 N–H and O–H groups in total. The number of rotatable bonds is 7. The fourth-order valence-corrected chi connectivity index (χ4v) is 4.38. The third-order valence-corrected chi connectivity index (χ3v) is 6.10. The lowest BCUT2D eigenvalue weighted by atomic mass is 9.99. The number of halogens is 1. The van der Waals surface area contributed by atoms with E-state index in [9.17, 15) is 4.39 Å². The summed E-state index contributed by atoms with van der Waals surface area (Å²) in [5, 5.41) is 6.84. The average molecular weight is 368 g/mol. The second kappa shape index (κ2) is 10.0. The summed E-state index contributed by atoms with van der Waals surface area (Å²) >= 11 is 2.02. The molecule has 0 unspecified atom stereocenters. The molecule has 25 heavy (non-hydrogen) atoms. The van der Waals surface area contributed by atoms with Gasteiger partial charge < -0.3 is 15.4 Å². The van der Waals surface area contributed by atoms with Crippen LogP contribution in [-0.2, 0) is 11.2 Å². The predicted molar refractivity (Wildman–Crippen MR) is 105 cm³/mol. The molecule has 1 fully saturated rings. The number of aliphatic imine (C=N–C) groups is 1. The smallest absolute Gasteiger partial charge is 0.191 e. The number of benzene rings is 1. The Kier molecular flexibility index (Phi) is 8.03. The molecule has 1 saturated heterocycles. The van der Waals surface area contributed by atoms with Crippen molar-refractivity contribution in [2.24, 2.45) is 4.99 Å². The van der Waals surface area contributed by atoms with Crippen molar-refractivity contribution in [3.05, 3.63) is 35.1 Å². The van der Waals surface area contributed by atoms with Crippen molar-refractivity contribution in [1.29, 1.82) is 0 Å². The molecule has 0 bridgehead atoms. The Morgan fingerprint density at radius 2 is 2.08 bits per heavy atom. The van der Waals surface area contributed by atoms with Crippen molar-refractivity contribution >= 4 is 17.7 Å². The van der Waals surface area contributed by atoms with Crippen LogP contribution in [-0.4, -0.2) is 49.8 Å². The Morgan fingerprint density at radius 3 is 2.72 bits per heavy atom. The highest BCUT2D eigenvalue weighted by Gasteiger charge is 2.32. The summed E-state index contributed by atoms with van der Waals surface area (Å²) in [5.41, 5.74) is 2.15. The zero-order valence-electron chi connectivity index (χ0n) is 15.5. The quantitative estimate of drug-likeness (QED) is 0.574. The lowest BCUT2D eigenvalue weighted by Crippen LogP contribution is -2.48. The van der Waals surface area contributed by atoms with E-state index in [4.69, 9.17) is 4.74 Å². The maximum absolute atomic E-state index is 13.2. The molecule has 0 radical (unpaired) electrons. The van der Waals surface area contributed by atoms with E-state index < -0.39 is 0 Å². The van der Waals surface area contributed by atoms with Gasteiger partial charge >= 0.3 is 0 Å². The number of hydrogen-bond donors (Lipinski definition) is 2. The first kappa shape index (κ1) is 20.0. The molecule has 6 heteroatoms. The van der Waals surface area contributed by atoms with E-state index in [2.05, 4.69) is 22.5 Å². The van der Waals surface area contributed by atoms with Gasteiger partial charge in [0.15, 0.2) is 5.96 Å². The number of guanidine groups is 1. The molecule has 140 valence electrons. The van der Waals surface area contributed by atoms with Gasteiger partial charge in [-0.1, -0.05) is 13.0 Å². The van der Waals surface area contributed by atoms with Crippen molar-refractivity contribution in [2.75, 3.05) is 39.1 Å². The van der Waals surface area contributed by atoms with Gasteiger partial charge in [-0.25, -0.2) is 4.39 Å². The molecule has 4 nitrogen and oxygen atoms in total. The number of hydrogen-bond acceptors (Lipinski definition) is 3. The molecule has 0 saturated carbocycles. The second-order valence-corrected chi connectivity index (χ2v) is 8.13. The van der Waals surface area contributed by atoms with Crippen LogP contribution in [0.25, 0.3) is 0 Å². The summed E-state index contributed by atoms with van der Waals surface area (Å²) < 4.78 is 18.9. The van der Waals surface area contributed by atoms with Gasteiger partial charge in [0, 0.05) is 38.1 Å². The van der Waals surface area contributed by atoms with Crippen LogP contribution >= 0.6 is 11.8 Å².